The monoisotopic (exact) mass is 233 g/mol. The second kappa shape index (κ2) is 4.91. The number of ether oxygens (including phenoxy) is 2. The van der Waals surface area contributed by atoms with Gasteiger partial charge in [0.1, 0.15) is 5.75 Å². The van der Waals surface area contributed by atoms with E-state index in [4.69, 9.17) is 9.47 Å². The summed E-state index contributed by atoms with van der Waals surface area (Å²) >= 11 is 0. The van der Waals surface area contributed by atoms with Crippen molar-refractivity contribution in [3.63, 3.8) is 0 Å². The molecule has 1 atom stereocenters. The van der Waals surface area contributed by atoms with Crippen molar-refractivity contribution in [1.29, 1.82) is 0 Å². The molecule has 1 N–H and O–H groups in total. The van der Waals surface area contributed by atoms with E-state index < -0.39 is 0 Å². The Morgan fingerprint density at radius 2 is 2.00 bits per heavy atom. The van der Waals surface area contributed by atoms with Crippen LogP contribution in [0.15, 0.2) is 30.3 Å². The number of carbonyl (C=O) groups excluding carboxylic acids is 1. The van der Waals surface area contributed by atoms with Crippen LogP contribution in [0, 0.1) is 5.92 Å². The standard InChI is InChI=1S/C13H15NO3/c1-16-11-5-3-9(4-6-11)12-7-10(8-14-12)13(15)17-2/h3-7,10,14H,8H2,1-2H3/t10-/m0/s1. The summed E-state index contributed by atoms with van der Waals surface area (Å²) in [7, 11) is 3.04. The molecule has 0 radical (unpaired) electrons. The second-order valence-corrected chi connectivity index (χ2v) is 3.82. The van der Waals surface area contributed by atoms with Gasteiger partial charge < -0.3 is 14.8 Å². The minimum atomic E-state index is -0.207. The molecule has 0 spiro atoms. The summed E-state index contributed by atoms with van der Waals surface area (Å²) in [6, 6.07) is 7.70. The molecular weight excluding hydrogens is 218 g/mol. The molecule has 0 saturated heterocycles. The van der Waals surface area contributed by atoms with E-state index in [1.807, 2.05) is 30.3 Å². The Balaban J connectivity index is 2.15. The summed E-state index contributed by atoms with van der Waals surface area (Å²) in [6.45, 7) is 0.591. The minimum Gasteiger partial charge on any atom is -0.497 e. The van der Waals surface area contributed by atoms with Gasteiger partial charge in [0.25, 0.3) is 0 Å². The molecule has 1 heterocycles. The van der Waals surface area contributed by atoms with Crippen molar-refractivity contribution in [2.24, 2.45) is 5.92 Å². The number of carbonyl (C=O) groups is 1. The smallest absolute Gasteiger partial charge is 0.314 e. The van der Waals surface area contributed by atoms with Gasteiger partial charge in [-0.15, -0.1) is 0 Å². The second-order valence-electron chi connectivity index (χ2n) is 3.82. The van der Waals surface area contributed by atoms with Crippen LogP contribution in [0.4, 0.5) is 0 Å². The van der Waals surface area contributed by atoms with Crippen molar-refractivity contribution in [3.8, 4) is 5.75 Å². The molecule has 0 bridgehead atoms. The number of methoxy groups -OCH3 is 2. The van der Waals surface area contributed by atoms with Crippen LogP contribution in [0.25, 0.3) is 5.70 Å². The summed E-state index contributed by atoms with van der Waals surface area (Å²) in [5, 5.41) is 3.20. The van der Waals surface area contributed by atoms with Gasteiger partial charge in [-0.1, -0.05) is 0 Å². The van der Waals surface area contributed by atoms with Gasteiger partial charge in [-0.25, -0.2) is 0 Å². The number of nitrogens with one attached hydrogen (secondary N) is 1. The Morgan fingerprint density at radius 3 is 2.59 bits per heavy atom. The third kappa shape index (κ3) is 2.41. The van der Waals surface area contributed by atoms with Crippen molar-refractivity contribution in [1.82, 2.24) is 5.32 Å². The number of rotatable bonds is 3. The van der Waals surface area contributed by atoms with Crippen molar-refractivity contribution >= 4 is 11.7 Å². The van der Waals surface area contributed by atoms with Crippen LogP contribution in [-0.2, 0) is 9.53 Å². The van der Waals surface area contributed by atoms with E-state index >= 15 is 0 Å². The molecule has 0 saturated carbocycles. The minimum absolute atomic E-state index is 0.197. The Bertz CT molecular complexity index is 436. The molecule has 90 valence electrons. The highest BCUT2D eigenvalue weighted by Crippen LogP contribution is 2.22. The van der Waals surface area contributed by atoms with Gasteiger partial charge in [0.15, 0.2) is 0 Å². The third-order valence-corrected chi connectivity index (χ3v) is 2.79. The molecular formula is C13H15NO3. The summed E-state index contributed by atoms with van der Waals surface area (Å²) in [6.07, 6.45) is 1.90. The lowest BCUT2D eigenvalue weighted by Crippen LogP contribution is -2.20. The van der Waals surface area contributed by atoms with E-state index in [1.54, 1.807) is 7.11 Å². The molecule has 0 aliphatic carbocycles. The van der Waals surface area contributed by atoms with Crippen LogP contribution in [0.5, 0.6) is 5.75 Å². The molecule has 2 rings (SSSR count). The number of esters is 1. The van der Waals surface area contributed by atoms with Gasteiger partial charge in [0, 0.05) is 12.2 Å². The number of hydrogen-bond acceptors (Lipinski definition) is 4. The molecule has 0 unspecified atom stereocenters. The molecule has 1 aromatic rings. The molecule has 1 aliphatic heterocycles. The third-order valence-electron chi connectivity index (χ3n) is 2.79. The van der Waals surface area contributed by atoms with Crippen molar-refractivity contribution in [2.75, 3.05) is 20.8 Å². The van der Waals surface area contributed by atoms with Crippen molar-refractivity contribution in [3.05, 3.63) is 35.9 Å². The first-order valence-electron chi connectivity index (χ1n) is 5.42. The molecule has 17 heavy (non-hydrogen) atoms. The molecule has 0 fully saturated rings. The number of hydrogen-bond donors (Lipinski definition) is 1. The lowest BCUT2D eigenvalue weighted by Gasteiger charge is -2.05. The van der Waals surface area contributed by atoms with Crippen LogP contribution in [-0.4, -0.2) is 26.7 Å². The fourth-order valence-corrected chi connectivity index (χ4v) is 1.81. The van der Waals surface area contributed by atoms with Crippen LogP contribution < -0.4 is 10.1 Å². The van der Waals surface area contributed by atoms with Crippen molar-refractivity contribution < 1.29 is 14.3 Å². The highest BCUT2D eigenvalue weighted by molar-refractivity contribution is 5.80. The SMILES string of the molecule is COC(=O)[C@H]1C=C(c2ccc(OC)cc2)NC1. The van der Waals surface area contributed by atoms with E-state index in [-0.39, 0.29) is 11.9 Å². The van der Waals surface area contributed by atoms with Gasteiger partial charge in [-0.3, -0.25) is 4.79 Å². The average molecular weight is 233 g/mol. The Morgan fingerprint density at radius 1 is 1.29 bits per heavy atom. The maximum absolute atomic E-state index is 11.4. The average Bonchev–Trinajstić information content (AvgIpc) is 2.87. The molecule has 0 amide bonds. The largest absolute Gasteiger partial charge is 0.497 e. The fourth-order valence-electron chi connectivity index (χ4n) is 1.81. The maximum Gasteiger partial charge on any atom is 0.314 e. The van der Waals surface area contributed by atoms with Gasteiger partial charge in [0.05, 0.1) is 20.1 Å². The first-order chi connectivity index (χ1) is 8.24. The molecule has 1 aromatic carbocycles. The lowest BCUT2D eigenvalue weighted by atomic mass is 10.1. The lowest BCUT2D eigenvalue weighted by molar-refractivity contribution is -0.143. The van der Waals surface area contributed by atoms with Crippen LogP contribution in [0.3, 0.4) is 0 Å². The first kappa shape index (κ1) is 11.5. The van der Waals surface area contributed by atoms with Crippen LogP contribution in [0.2, 0.25) is 0 Å². The highest BCUT2D eigenvalue weighted by atomic mass is 16.5. The maximum atomic E-state index is 11.4. The highest BCUT2D eigenvalue weighted by Gasteiger charge is 2.23. The zero-order chi connectivity index (χ0) is 12.3. The topological polar surface area (TPSA) is 47.6 Å². The predicted octanol–water partition coefficient (Wildman–Crippen LogP) is 1.43. The van der Waals surface area contributed by atoms with Gasteiger partial charge in [-0.05, 0) is 35.9 Å². The molecule has 1 aliphatic rings. The molecule has 4 nitrogen and oxygen atoms in total. The zero-order valence-electron chi connectivity index (χ0n) is 9.90. The van der Waals surface area contributed by atoms with E-state index in [9.17, 15) is 4.79 Å². The summed E-state index contributed by atoms with van der Waals surface area (Å²) in [4.78, 5) is 11.4. The Labute approximate surface area is 100 Å². The van der Waals surface area contributed by atoms with Gasteiger partial charge in [-0.2, -0.15) is 0 Å². The van der Waals surface area contributed by atoms with Gasteiger partial charge >= 0.3 is 5.97 Å². The fraction of sp³-hybridized carbons (Fsp3) is 0.308. The summed E-state index contributed by atoms with van der Waals surface area (Å²) in [5.41, 5.74) is 2.00. The van der Waals surface area contributed by atoms with Crippen molar-refractivity contribution in [2.45, 2.75) is 0 Å². The molecule has 4 heteroatoms. The Hall–Kier alpha value is -1.97. The van der Waals surface area contributed by atoms with E-state index in [0.29, 0.717) is 6.54 Å². The normalized spacial score (nSPS) is 18.2. The zero-order valence-corrected chi connectivity index (χ0v) is 9.90. The summed E-state index contributed by atoms with van der Waals surface area (Å²) in [5.74, 6) is 0.412. The first-order valence-corrected chi connectivity index (χ1v) is 5.42. The van der Waals surface area contributed by atoms with E-state index in [2.05, 4.69) is 5.32 Å². The van der Waals surface area contributed by atoms with Crippen LogP contribution in [0.1, 0.15) is 5.56 Å². The summed E-state index contributed by atoms with van der Waals surface area (Å²) < 4.78 is 9.81. The quantitative estimate of drug-likeness (QED) is 0.802. The van der Waals surface area contributed by atoms with E-state index in [0.717, 1.165) is 17.0 Å². The predicted molar refractivity (Wildman–Crippen MR) is 64.5 cm³/mol. The van der Waals surface area contributed by atoms with Crippen LogP contribution >= 0.6 is 0 Å². The Kier molecular flexibility index (Phi) is 3.32. The van der Waals surface area contributed by atoms with E-state index in [1.165, 1.54) is 7.11 Å². The molecule has 0 aromatic heterocycles. The van der Waals surface area contributed by atoms with Gasteiger partial charge in [0.2, 0.25) is 0 Å². The number of benzene rings is 1.